The first kappa shape index (κ1) is 60.8. The third kappa shape index (κ3) is 10.3. The summed E-state index contributed by atoms with van der Waals surface area (Å²) in [6.07, 6.45) is -39.7. The van der Waals surface area contributed by atoms with Gasteiger partial charge in [-0.1, -0.05) is 19.9 Å². The molecule has 78 heavy (non-hydrogen) atoms. The molecule has 28 heteroatoms. The second-order valence-corrected chi connectivity index (χ2v) is 23.6. The molecule has 9 aliphatic rings. The lowest BCUT2D eigenvalue weighted by Gasteiger charge is -2.64. The number of esters is 1. The Morgan fingerprint density at radius 2 is 0.885 bits per heavy atom. The van der Waals surface area contributed by atoms with E-state index in [0.29, 0.717) is 63.4 Å². The summed E-state index contributed by atoms with van der Waals surface area (Å²) in [5.74, 6) is -1.10. The highest BCUT2D eigenvalue weighted by Gasteiger charge is 2.70. The van der Waals surface area contributed by atoms with Crippen LogP contribution >= 0.6 is 0 Å². The zero-order valence-electron chi connectivity index (χ0n) is 43.3. The van der Waals surface area contributed by atoms with Gasteiger partial charge in [-0.05, 0) is 86.5 Å². The molecule has 5 heterocycles. The second kappa shape index (κ2) is 23.3. The smallest absolute Gasteiger partial charge is 0.314 e. The Bertz CT molecular complexity index is 2070. The number of hydrogen-bond donors (Lipinski definition) is 17. The summed E-state index contributed by atoms with van der Waals surface area (Å²) >= 11 is 0. The van der Waals surface area contributed by atoms with E-state index in [-0.39, 0.29) is 11.8 Å². The van der Waals surface area contributed by atoms with Crippen molar-refractivity contribution in [3.05, 3.63) is 12.2 Å². The number of hydrogen-bond acceptors (Lipinski definition) is 28. The molecule has 5 aliphatic heterocycles. The van der Waals surface area contributed by atoms with Crippen molar-refractivity contribution in [2.75, 3.05) is 33.0 Å². The minimum absolute atomic E-state index is 0.0488. The van der Waals surface area contributed by atoms with Crippen molar-refractivity contribution in [2.45, 2.75) is 231 Å². The van der Waals surface area contributed by atoms with E-state index in [2.05, 4.69) is 13.5 Å². The summed E-state index contributed by atoms with van der Waals surface area (Å²) in [6.45, 7) is 4.35. The van der Waals surface area contributed by atoms with Crippen LogP contribution in [0.4, 0.5) is 0 Å². The van der Waals surface area contributed by atoms with Gasteiger partial charge in [0.2, 0.25) is 6.29 Å². The molecule has 0 radical (unpaired) electrons. The summed E-state index contributed by atoms with van der Waals surface area (Å²) < 4.78 is 59.8. The zero-order chi connectivity index (χ0) is 56.7. The van der Waals surface area contributed by atoms with E-state index in [0.717, 1.165) is 0 Å². The predicted octanol–water partition coefficient (Wildman–Crippen LogP) is -7.29. The highest BCUT2D eigenvalue weighted by atomic mass is 16.8. The van der Waals surface area contributed by atoms with Crippen LogP contribution in [0, 0.1) is 28.1 Å². The van der Waals surface area contributed by atoms with Crippen molar-refractivity contribution in [1.82, 2.24) is 0 Å². The normalized spacial score (nSPS) is 54.5. The Hall–Kier alpha value is -1.83. The molecular formula is C50H80O28. The predicted molar refractivity (Wildman–Crippen MR) is 252 cm³/mol. The molecule has 448 valence electrons. The Balaban J connectivity index is 0.938. The molecular weight excluding hydrogens is 1050 g/mol. The van der Waals surface area contributed by atoms with Gasteiger partial charge < -0.3 is 134 Å². The van der Waals surface area contributed by atoms with Crippen LogP contribution in [0.25, 0.3) is 0 Å². The lowest BCUT2D eigenvalue weighted by Crippen LogP contribution is -2.67. The molecule has 9 rings (SSSR count). The summed E-state index contributed by atoms with van der Waals surface area (Å²) in [5.41, 5.74) is -2.69. The number of ether oxygens (including phenoxy) is 10. The molecule has 9 fully saturated rings. The molecule has 0 aromatic carbocycles. The maximum absolute atomic E-state index is 14.9. The van der Waals surface area contributed by atoms with E-state index in [1.807, 2.05) is 0 Å². The van der Waals surface area contributed by atoms with E-state index in [1.165, 1.54) is 0 Å². The van der Waals surface area contributed by atoms with Crippen LogP contribution in [0.1, 0.15) is 71.6 Å². The average molecular weight is 1130 g/mol. The third-order valence-electron chi connectivity index (χ3n) is 19.2. The maximum Gasteiger partial charge on any atom is 0.314 e. The first-order valence-corrected chi connectivity index (χ1v) is 26.9. The summed E-state index contributed by atoms with van der Waals surface area (Å²) in [4.78, 5) is 14.9. The summed E-state index contributed by atoms with van der Waals surface area (Å²) in [6, 6.07) is 0. The Kier molecular flexibility index (Phi) is 18.2. The van der Waals surface area contributed by atoms with E-state index >= 15 is 0 Å². The highest BCUT2D eigenvalue weighted by molar-refractivity contribution is 5.77. The van der Waals surface area contributed by atoms with Crippen LogP contribution in [-0.2, 0) is 52.2 Å². The Morgan fingerprint density at radius 1 is 0.487 bits per heavy atom. The summed E-state index contributed by atoms with van der Waals surface area (Å²) in [5, 5.41) is 181. The van der Waals surface area contributed by atoms with Gasteiger partial charge in [0.25, 0.3) is 0 Å². The van der Waals surface area contributed by atoms with Crippen LogP contribution in [0.2, 0.25) is 0 Å². The number of fused-ring (bicyclic) bond motifs is 3. The number of carbonyl (C=O) groups excluding carboxylic acids is 1. The van der Waals surface area contributed by atoms with Gasteiger partial charge in [0, 0.05) is 0 Å². The lowest BCUT2D eigenvalue weighted by molar-refractivity contribution is -0.398. The maximum atomic E-state index is 14.9. The molecule has 5 saturated heterocycles. The van der Waals surface area contributed by atoms with E-state index < -0.39 is 214 Å². The third-order valence-corrected chi connectivity index (χ3v) is 19.2. The van der Waals surface area contributed by atoms with Gasteiger partial charge in [-0.25, -0.2) is 0 Å². The zero-order valence-corrected chi connectivity index (χ0v) is 43.3. The van der Waals surface area contributed by atoms with E-state index in [1.54, 1.807) is 6.92 Å². The molecule has 26 unspecified atom stereocenters. The van der Waals surface area contributed by atoms with Crippen molar-refractivity contribution >= 4 is 5.97 Å². The van der Waals surface area contributed by atoms with Gasteiger partial charge in [0.15, 0.2) is 31.3 Å². The van der Waals surface area contributed by atoms with Crippen molar-refractivity contribution < 1.29 is 139 Å². The summed E-state index contributed by atoms with van der Waals surface area (Å²) in [7, 11) is 0. The molecule has 0 aromatic heterocycles. The van der Waals surface area contributed by atoms with Gasteiger partial charge in [-0.15, -0.1) is 0 Å². The average Bonchev–Trinajstić information content (AvgIpc) is 3.85. The van der Waals surface area contributed by atoms with Crippen LogP contribution < -0.4 is 0 Å². The number of aliphatic hydroxyl groups is 17. The Labute approximate surface area is 448 Å². The van der Waals surface area contributed by atoms with Crippen molar-refractivity contribution in [3.8, 4) is 0 Å². The largest absolute Gasteiger partial charge is 0.432 e. The van der Waals surface area contributed by atoms with Crippen LogP contribution in [0.15, 0.2) is 12.2 Å². The van der Waals surface area contributed by atoms with Gasteiger partial charge in [-0.2, -0.15) is 0 Å². The second-order valence-electron chi connectivity index (χ2n) is 23.6. The number of carbonyl (C=O) groups is 1. The first-order chi connectivity index (χ1) is 36.9. The minimum atomic E-state index is -1.98. The van der Waals surface area contributed by atoms with Crippen molar-refractivity contribution in [1.29, 1.82) is 0 Å². The van der Waals surface area contributed by atoms with Gasteiger partial charge in [-0.3, -0.25) is 4.79 Å². The molecule has 31 atom stereocenters. The molecule has 0 amide bonds. The van der Waals surface area contributed by atoms with E-state index in [4.69, 9.17) is 47.4 Å². The molecule has 2 bridgehead atoms. The lowest BCUT2D eigenvalue weighted by atomic mass is 9.41. The highest BCUT2D eigenvalue weighted by Crippen LogP contribution is 2.74. The van der Waals surface area contributed by atoms with Gasteiger partial charge in [0.1, 0.15) is 116 Å². The molecule has 28 nitrogen and oxygen atoms in total. The van der Waals surface area contributed by atoms with Crippen LogP contribution in [-0.4, -0.2) is 285 Å². The van der Waals surface area contributed by atoms with Crippen molar-refractivity contribution in [2.24, 2.45) is 28.1 Å². The fourth-order valence-corrected chi connectivity index (χ4v) is 14.9. The SMILES string of the molecule is C=C1C[C@@]23CCC4[C@](C)(C(=O)OC5OC(CO)C(O)C(O)C5OC5OC(CO)C(O)C(O)C5O)CCC[C@@]4(C)[C@@H]2CC[C@]1(OC1OC(CO)C(O)C(O)C1OC1OC(CO)C(O)C(O)C1OC1OC(CO)C(O)C(O)C1O)C3. The van der Waals surface area contributed by atoms with E-state index in [9.17, 15) is 91.6 Å². The fraction of sp³-hybridized carbons (Fsp3) is 0.940. The molecule has 4 aliphatic carbocycles. The topological polar surface area (TPSA) is 453 Å². The van der Waals surface area contributed by atoms with Gasteiger partial charge >= 0.3 is 5.97 Å². The molecule has 0 aromatic rings. The number of aliphatic hydroxyl groups excluding tert-OH is 17. The molecule has 1 spiro atoms. The fourth-order valence-electron chi connectivity index (χ4n) is 14.9. The first-order valence-electron chi connectivity index (χ1n) is 26.9. The van der Waals surface area contributed by atoms with Crippen LogP contribution in [0.3, 0.4) is 0 Å². The van der Waals surface area contributed by atoms with Crippen molar-refractivity contribution in [3.63, 3.8) is 0 Å². The van der Waals surface area contributed by atoms with Gasteiger partial charge in [0.05, 0.1) is 44.1 Å². The quantitative estimate of drug-likeness (QED) is 0.0411. The Morgan fingerprint density at radius 3 is 1.37 bits per heavy atom. The standard InChI is InChI=1S/C50H80O28/c1-18-11-49-9-5-24-47(2,7-4-8-48(24,3)46(68)77-44-39(34(64)29(59)22(15-54)72-44)75-42-37(67)32(62)27(57)20(13-52)70-42)25(49)6-10-50(18,17-49)78-45-40(35(65)30(60)23(16-55)73-45)76-43-38(33(63)28(58)21(14-53)71-43)74-41-36(66)31(61)26(56)19(12-51)69-41/h19-45,51-67H,1,4-17H2,2-3H3/t19?,20?,21?,22?,23?,24?,25-,26?,27?,28?,29?,30?,31?,32?,33?,34?,35?,36?,37?,38?,39?,40?,41?,42?,43?,44?,45?,47+,48+,49+,50-/m0/s1. The molecule has 4 saturated carbocycles. The number of rotatable bonds is 15. The monoisotopic (exact) mass is 1130 g/mol. The van der Waals surface area contributed by atoms with Crippen LogP contribution in [0.5, 0.6) is 0 Å². The minimum Gasteiger partial charge on any atom is -0.432 e. The molecule has 17 N–H and O–H groups in total.